The van der Waals surface area contributed by atoms with E-state index >= 15 is 0 Å². The van der Waals surface area contributed by atoms with Gasteiger partial charge in [-0.25, -0.2) is 0 Å². The van der Waals surface area contributed by atoms with Gasteiger partial charge in [0.05, 0.1) is 5.92 Å². The summed E-state index contributed by atoms with van der Waals surface area (Å²) in [5.74, 6) is 0.423. The van der Waals surface area contributed by atoms with E-state index in [0.717, 1.165) is 32.5 Å². The first-order valence-electron chi connectivity index (χ1n) is 5.18. The highest BCUT2D eigenvalue weighted by Gasteiger charge is 2.24. The molecule has 0 amide bonds. The molecule has 1 atom stereocenters. The molecule has 4 heteroatoms. The number of carboxylic acid groups (broad SMARTS) is 1. The molecule has 0 aliphatic carbocycles. The number of carboxylic acids is 1. The fourth-order valence-corrected chi connectivity index (χ4v) is 2.31. The van der Waals surface area contributed by atoms with Crippen LogP contribution >= 0.6 is 11.8 Å². The van der Waals surface area contributed by atoms with Gasteiger partial charge < -0.3 is 10.0 Å². The van der Waals surface area contributed by atoms with Gasteiger partial charge in [-0.05, 0) is 44.4 Å². The highest BCUT2D eigenvalue weighted by atomic mass is 32.2. The van der Waals surface area contributed by atoms with Crippen molar-refractivity contribution in [2.24, 2.45) is 5.92 Å². The van der Waals surface area contributed by atoms with Crippen molar-refractivity contribution in [2.75, 3.05) is 31.6 Å². The van der Waals surface area contributed by atoms with Crippen LogP contribution in [0.2, 0.25) is 0 Å². The summed E-state index contributed by atoms with van der Waals surface area (Å²) in [6.45, 7) is 2.90. The molecule has 1 fully saturated rings. The van der Waals surface area contributed by atoms with Gasteiger partial charge in [0.15, 0.2) is 0 Å². The lowest BCUT2D eigenvalue weighted by atomic mass is 9.98. The summed E-state index contributed by atoms with van der Waals surface area (Å²) >= 11 is 1.85. The number of likely N-dealkylation sites (tertiary alicyclic amines) is 1. The average molecular weight is 217 g/mol. The van der Waals surface area contributed by atoms with Crippen molar-refractivity contribution in [1.29, 1.82) is 0 Å². The van der Waals surface area contributed by atoms with Gasteiger partial charge in [0.2, 0.25) is 0 Å². The molecule has 0 aromatic carbocycles. The standard InChI is InChI=1S/C10H19NO2S/c1-14-7-3-6-11-5-2-4-9(8-11)10(12)13/h9H,2-8H2,1H3,(H,12,13). The molecule has 0 bridgehead atoms. The van der Waals surface area contributed by atoms with Crippen LogP contribution in [-0.2, 0) is 4.79 Å². The summed E-state index contributed by atoms with van der Waals surface area (Å²) in [7, 11) is 0. The number of aliphatic carboxylic acids is 1. The molecule has 1 heterocycles. The fourth-order valence-electron chi connectivity index (χ4n) is 1.89. The smallest absolute Gasteiger partial charge is 0.307 e. The molecular weight excluding hydrogens is 198 g/mol. The minimum Gasteiger partial charge on any atom is -0.481 e. The topological polar surface area (TPSA) is 40.5 Å². The molecule has 0 aromatic heterocycles. The number of piperidine rings is 1. The van der Waals surface area contributed by atoms with Crippen molar-refractivity contribution in [3.8, 4) is 0 Å². The Balaban J connectivity index is 2.22. The van der Waals surface area contributed by atoms with Crippen molar-refractivity contribution in [2.45, 2.75) is 19.3 Å². The zero-order valence-electron chi connectivity index (χ0n) is 8.74. The van der Waals surface area contributed by atoms with Crippen LogP contribution in [0.25, 0.3) is 0 Å². The van der Waals surface area contributed by atoms with Crippen LogP contribution in [0, 0.1) is 5.92 Å². The maximum absolute atomic E-state index is 10.8. The molecule has 0 radical (unpaired) electrons. The Morgan fingerprint density at radius 1 is 1.64 bits per heavy atom. The average Bonchev–Trinajstić information content (AvgIpc) is 2.19. The molecule has 0 saturated carbocycles. The van der Waals surface area contributed by atoms with Gasteiger partial charge in [-0.2, -0.15) is 11.8 Å². The van der Waals surface area contributed by atoms with E-state index in [1.54, 1.807) is 0 Å². The van der Waals surface area contributed by atoms with Crippen molar-refractivity contribution in [3.05, 3.63) is 0 Å². The van der Waals surface area contributed by atoms with E-state index in [0.29, 0.717) is 0 Å². The predicted octanol–water partition coefficient (Wildman–Crippen LogP) is 1.54. The van der Waals surface area contributed by atoms with Crippen LogP contribution < -0.4 is 0 Å². The van der Waals surface area contributed by atoms with Crippen LogP contribution in [0.5, 0.6) is 0 Å². The van der Waals surface area contributed by atoms with E-state index in [1.807, 2.05) is 11.8 Å². The molecular formula is C10H19NO2S. The van der Waals surface area contributed by atoms with Gasteiger partial charge >= 0.3 is 5.97 Å². The second kappa shape index (κ2) is 6.30. The van der Waals surface area contributed by atoms with E-state index < -0.39 is 5.97 Å². The molecule has 0 spiro atoms. The Hall–Kier alpha value is -0.220. The maximum Gasteiger partial charge on any atom is 0.307 e. The monoisotopic (exact) mass is 217 g/mol. The second-order valence-corrected chi connectivity index (χ2v) is 4.81. The van der Waals surface area contributed by atoms with Crippen LogP contribution in [0.1, 0.15) is 19.3 Å². The minimum atomic E-state index is -0.625. The van der Waals surface area contributed by atoms with E-state index in [-0.39, 0.29) is 5.92 Å². The van der Waals surface area contributed by atoms with Crippen LogP contribution in [-0.4, -0.2) is 47.6 Å². The van der Waals surface area contributed by atoms with Crippen molar-refractivity contribution >= 4 is 17.7 Å². The summed E-state index contributed by atoms with van der Waals surface area (Å²) in [4.78, 5) is 13.1. The zero-order chi connectivity index (χ0) is 10.4. The zero-order valence-corrected chi connectivity index (χ0v) is 9.55. The lowest BCUT2D eigenvalue weighted by Gasteiger charge is -2.30. The van der Waals surface area contributed by atoms with E-state index in [9.17, 15) is 4.79 Å². The molecule has 3 nitrogen and oxygen atoms in total. The second-order valence-electron chi connectivity index (χ2n) is 3.82. The molecule has 1 rings (SSSR count). The third kappa shape index (κ3) is 3.88. The molecule has 1 N–H and O–H groups in total. The van der Waals surface area contributed by atoms with Gasteiger partial charge in [-0.3, -0.25) is 4.79 Å². The van der Waals surface area contributed by atoms with Crippen LogP contribution in [0.3, 0.4) is 0 Å². The highest BCUT2D eigenvalue weighted by molar-refractivity contribution is 7.98. The van der Waals surface area contributed by atoms with Gasteiger partial charge in [-0.15, -0.1) is 0 Å². The SMILES string of the molecule is CSCCCN1CCCC(C(=O)O)C1. The molecule has 82 valence electrons. The number of carbonyl (C=O) groups is 1. The summed E-state index contributed by atoms with van der Waals surface area (Å²) in [5, 5.41) is 8.90. The normalized spacial score (nSPS) is 23.6. The van der Waals surface area contributed by atoms with Crippen molar-refractivity contribution in [1.82, 2.24) is 4.90 Å². The number of hydrogen-bond donors (Lipinski definition) is 1. The lowest BCUT2D eigenvalue weighted by Crippen LogP contribution is -2.39. The molecule has 0 aromatic rings. The number of hydrogen-bond acceptors (Lipinski definition) is 3. The number of thioether (sulfide) groups is 1. The highest BCUT2D eigenvalue weighted by Crippen LogP contribution is 2.16. The number of rotatable bonds is 5. The third-order valence-electron chi connectivity index (χ3n) is 2.68. The Bertz CT molecular complexity index is 187. The van der Waals surface area contributed by atoms with Gasteiger partial charge in [0.1, 0.15) is 0 Å². The Morgan fingerprint density at radius 3 is 3.07 bits per heavy atom. The van der Waals surface area contributed by atoms with Crippen LogP contribution in [0.4, 0.5) is 0 Å². The lowest BCUT2D eigenvalue weighted by molar-refractivity contribution is -0.143. The van der Waals surface area contributed by atoms with Crippen molar-refractivity contribution < 1.29 is 9.90 Å². The molecule has 14 heavy (non-hydrogen) atoms. The first kappa shape index (κ1) is 11.9. The molecule has 1 unspecified atom stereocenters. The Kier molecular flexibility index (Phi) is 5.33. The quantitative estimate of drug-likeness (QED) is 0.709. The van der Waals surface area contributed by atoms with Gasteiger partial charge in [0, 0.05) is 6.54 Å². The molecule has 1 saturated heterocycles. The number of nitrogens with zero attached hydrogens (tertiary/aromatic N) is 1. The summed E-state index contributed by atoms with van der Waals surface area (Å²) in [6, 6.07) is 0. The van der Waals surface area contributed by atoms with Gasteiger partial charge in [-0.1, -0.05) is 0 Å². The van der Waals surface area contributed by atoms with E-state index in [2.05, 4.69) is 11.2 Å². The molecule has 1 aliphatic heterocycles. The van der Waals surface area contributed by atoms with Crippen molar-refractivity contribution in [3.63, 3.8) is 0 Å². The third-order valence-corrected chi connectivity index (χ3v) is 3.37. The maximum atomic E-state index is 10.8. The van der Waals surface area contributed by atoms with Gasteiger partial charge in [0.25, 0.3) is 0 Å². The largest absolute Gasteiger partial charge is 0.481 e. The summed E-state index contributed by atoms with van der Waals surface area (Å²) < 4.78 is 0. The van der Waals surface area contributed by atoms with E-state index in [1.165, 1.54) is 12.2 Å². The van der Waals surface area contributed by atoms with E-state index in [4.69, 9.17) is 5.11 Å². The summed E-state index contributed by atoms with van der Waals surface area (Å²) in [5.41, 5.74) is 0. The first-order chi connectivity index (χ1) is 6.74. The minimum absolute atomic E-state index is 0.127. The predicted molar refractivity (Wildman–Crippen MR) is 59.8 cm³/mol. The Morgan fingerprint density at radius 2 is 2.43 bits per heavy atom. The fraction of sp³-hybridized carbons (Fsp3) is 0.900. The van der Waals surface area contributed by atoms with Crippen LogP contribution in [0.15, 0.2) is 0 Å². The Labute approximate surface area is 89.9 Å². The summed E-state index contributed by atoms with van der Waals surface area (Å²) in [6.07, 6.45) is 5.17. The first-order valence-corrected chi connectivity index (χ1v) is 6.57. The molecule has 1 aliphatic rings.